The van der Waals surface area contributed by atoms with Gasteiger partial charge in [-0.2, -0.15) is 4.98 Å². The Balaban J connectivity index is 1.52. The van der Waals surface area contributed by atoms with Crippen molar-refractivity contribution in [2.75, 3.05) is 20.8 Å². The summed E-state index contributed by atoms with van der Waals surface area (Å²) < 4.78 is 15.5. The molecule has 0 fully saturated rings. The van der Waals surface area contributed by atoms with Crippen LogP contribution in [0.15, 0.2) is 34.2 Å². The van der Waals surface area contributed by atoms with Crippen molar-refractivity contribution in [2.45, 2.75) is 19.3 Å². The lowest BCUT2D eigenvalue weighted by molar-refractivity contribution is -0.385. The molecular weight excluding hydrogens is 412 g/mol. The van der Waals surface area contributed by atoms with E-state index in [1.807, 2.05) is 17.5 Å². The topological polar surface area (TPSA) is 130 Å². The summed E-state index contributed by atoms with van der Waals surface area (Å²) in [6.07, 6.45) is 0.742. The Morgan fingerprint density at radius 3 is 2.70 bits per heavy atom. The van der Waals surface area contributed by atoms with Crippen LogP contribution in [0.1, 0.15) is 17.9 Å². The molecule has 0 radical (unpaired) electrons. The van der Waals surface area contributed by atoms with Crippen LogP contribution in [0.25, 0.3) is 10.7 Å². The predicted molar refractivity (Wildman–Crippen MR) is 109 cm³/mol. The van der Waals surface area contributed by atoms with Crippen molar-refractivity contribution < 1.29 is 23.7 Å². The van der Waals surface area contributed by atoms with Gasteiger partial charge in [0.2, 0.25) is 17.6 Å². The van der Waals surface area contributed by atoms with E-state index in [9.17, 15) is 14.9 Å². The highest BCUT2D eigenvalue weighted by Crippen LogP contribution is 2.34. The van der Waals surface area contributed by atoms with Crippen molar-refractivity contribution >= 4 is 22.9 Å². The van der Waals surface area contributed by atoms with E-state index in [0.717, 1.165) is 4.88 Å². The molecule has 0 spiro atoms. The Hall–Kier alpha value is -3.47. The molecule has 1 aromatic carbocycles. The van der Waals surface area contributed by atoms with Gasteiger partial charge >= 0.3 is 0 Å². The fourth-order valence-electron chi connectivity index (χ4n) is 2.79. The number of nitro groups is 1. The van der Waals surface area contributed by atoms with Gasteiger partial charge in [-0.25, -0.2) is 0 Å². The largest absolute Gasteiger partial charge is 0.493 e. The highest BCUT2D eigenvalue weighted by Gasteiger charge is 2.19. The summed E-state index contributed by atoms with van der Waals surface area (Å²) in [5.74, 6) is 1.33. The number of nitrogens with zero attached hydrogens (tertiary/aromatic N) is 3. The Morgan fingerprint density at radius 1 is 1.27 bits per heavy atom. The highest BCUT2D eigenvalue weighted by atomic mass is 32.1. The van der Waals surface area contributed by atoms with Gasteiger partial charge < -0.3 is 19.3 Å². The summed E-state index contributed by atoms with van der Waals surface area (Å²) in [6.45, 7) is 0.236. The number of methoxy groups -OCH3 is 2. The van der Waals surface area contributed by atoms with Gasteiger partial charge in [0.15, 0.2) is 11.5 Å². The summed E-state index contributed by atoms with van der Waals surface area (Å²) in [5.41, 5.74) is 0.351. The molecule has 0 aliphatic rings. The Bertz CT molecular complexity index is 1020. The molecule has 0 saturated carbocycles. The molecule has 0 aliphatic heterocycles. The van der Waals surface area contributed by atoms with E-state index in [4.69, 9.17) is 14.0 Å². The van der Waals surface area contributed by atoms with Crippen molar-refractivity contribution in [3.8, 4) is 22.2 Å². The number of benzene rings is 1. The van der Waals surface area contributed by atoms with Gasteiger partial charge in [0.05, 0.1) is 30.1 Å². The first-order valence-electron chi connectivity index (χ1n) is 9.04. The van der Waals surface area contributed by atoms with Gasteiger partial charge in [0, 0.05) is 24.9 Å². The summed E-state index contributed by atoms with van der Waals surface area (Å²) in [6, 6.07) is 6.65. The van der Waals surface area contributed by atoms with Gasteiger partial charge in [-0.15, -0.1) is 11.3 Å². The minimum atomic E-state index is -0.486. The highest BCUT2D eigenvalue weighted by molar-refractivity contribution is 7.13. The lowest BCUT2D eigenvalue weighted by Gasteiger charge is -2.11. The standard InChI is InChI=1S/C19H20N4O6S/c1-27-14-10-12(13(23(25)26)11-15(14)28-2)7-8-20-17(24)5-6-18-21-19(22-29-18)16-4-3-9-30-16/h3-4,9-11H,5-8H2,1-2H3,(H,20,24). The normalized spacial score (nSPS) is 10.6. The summed E-state index contributed by atoms with van der Waals surface area (Å²) >= 11 is 1.50. The molecule has 0 bridgehead atoms. The first kappa shape index (κ1) is 21.2. The van der Waals surface area contributed by atoms with Crippen molar-refractivity contribution in [2.24, 2.45) is 0 Å². The molecule has 1 N–H and O–H groups in total. The van der Waals surface area contributed by atoms with Crippen molar-refractivity contribution in [1.82, 2.24) is 15.5 Å². The zero-order valence-corrected chi connectivity index (χ0v) is 17.2. The molecule has 11 heteroatoms. The Kier molecular flexibility index (Phi) is 6.96. The van der Waals surface area contributed by atoms with Gasteiger partial charge in [-0.3, -0.25) is 14.9 Å². The Labute approximate surface area is 176 Å². The first-order valence-corrected chi connectivity index (χ1v) is 9.92. The molecule has 2 aromatic heterocycles. The second kappa shape index (κ2) is 9.83. The summed E-state index contributed by atoms with van der Waals surface area (Å²) in [7, 11) is 2.87. The van der Waals surface area contributed by atoms with Crippen LogP contribution in [0.3, 0.4) is 0 Å². The molecule has 30 heavy (non-hydrogen) atoms. The van der Waals surface area contributed by atoms with Gasteiger partial charge in [0.25, 0.3) is 5.69 Å². The number of carbonyl (C=O) groups is 1. The molecule has 0 saturated heterocycles. The van der Waals surface area contributed by atoms with E-state index in [1.165, 1.54) is 31.6 Å². The number of aryl methyl sites for hydroxylation is 1. The van der Waals surface area contributed by atoms with E-state index < -0.39 is 4.92 Å². The van der Waals surface area contributed by atoms with Crippen molar-refractivity contribution in [3.63, 3.8) is 0 Å². The van der Waals surface area contributed by atoms with E-state index in [0.29, 0.717) is 29.4 Å². The fourth-order valence-corrected chi connectivity index (χ4v) is 3.44. The predicted octanol–water partition coefficient (Wildman–Crippen LogP) is 3.02. The fraction of sp³-hybridized carbons (Fsp3) is 0.316. The maximum absolute atomic E-state index is 12.1. The lowest BCUT2D eigenvalue weighted by atomic mass is 10.1. The van der Waals surface area contributed by atoms with E-state index >= 15 is 0 Å². The van der Waals surface area contributed by atoms with Crippen LogP contribution in [0.5, 0.6) is 11.5 Å². The number of amides is 1. The molecule has 2 heterocycles. The average molecular weight is 432 g/mol. The number of ether oxygens (including phenoxy) is 2. The van der Waals surface area contributed by atoms with Crippen LogP contribution < -0.4 is 14.8 Å². The summed E-state index contributed by atoms with van der Waals surface area (Å²) in [5, 5.41) is 19.9. The zero-order chi connectivity index (χ0) is 21.5. The molecule has 10 nitrogen and oxygen atoms in total. The summed E-state index contributed by atoms with van der Waals surface area (Å²) in [4.78, 5) is 28.1. The number of thiophene rings is 1. The van der Waals surface area contributed by atoms with E-state index in [1.54, 1.807) is 6.07 Å². The van der Waals surface area contributed by atoms with Crippen LogP contribution in [0.2, 0.25) is 0 Å². The molecule has 1 amide bonds. The van der Waals surface area contributed by atoms with Crippen LogP contribution in [-0.2, 0) is 17.6 Å². The molecule has 3 aromatic rings. The van der Waals surface area contributed by atoms with E-state index in [-0.39, 0.29) is 36.7 Å². The van der Waals surface area contributed by atoms with E-state index in [2.05, 4.69) is 15.5 Å². The average Bonchev–Trinajstić information content (AvgIpc) is 3.43. The molecule has 0 atom stereocenters. The third kappa shape index (κ3) is 5.11. The first-order chi connectivity index (χ1) is 14.5. The van der Waals surface area contributed by atoms with Crippen molar-refractivity contribution in [1.29, 1.82) is 0 Å². The Morgan fingerprint density at radius 2 is 2.03 bits per heavy atom. The monoisotopic (exact) mass is 432 g/mol. The third-order valence-corrected chi connectivity index (χ3v) is 5.14. The minimum absolute atomic E-state index is 0.0890. The van der Waals surface area contributed by atoms with Crippen LogP contribution >= 0.6 is 11.3 Å². The second-order valence-electron chi connectivity index (χ2n) is 6.18. The van der Waals surface area contributed by atoms with Crippen LogP contribution in [-0.4, -0.2) is 41.7 Å². The molecule has 3 rings (SSSR count). The van der Waals surface area contributed by atoms with Gasteiger partial charge in [-0.05, 0) is 23.9 Å². The number of rotatable bonds is 10. The quantitative estimate of drug-likeness (QED) is 0.382. The molecular formula is C19H20N4O6S. The number of aromatic nitrogens is 2. The zero-order valence-electron chi connectivity index (χ0n) is 16.4. The van der Waals surface area contributed by atoms with Gasteiger partial charge in [-0.1, -0.05) is 11.2 Å². The van der Waals surface area contributed by atoms with Crippen LogP contribution in [0, 0.1) is 10.1 Å². The number of carbonyl (C=O) groups excluding carboxylic acids is 1. The maximum atomic E-state index is 12.1. The maximum Gasteiger partial charge on any atom is 0.276 e. The second-order valence-corrected chi connectivity index (χ2v) is 7.13. The molecule has 158 valence electrons. The van der Waals surface area contributed by atoms with Gasteiger partial charge in [0.1, 0.15) is 0 Å². The third-order valence-electron chi connectivity index (χ3n) is 4.27. The number of nitro benzene ring substituents is 1. The number of nitrogens with one attached hydrogen (secondary N) is 1. The molecule has 0 unspecified atom stereocenters. The number of hydrogen-bond acceptors (Lipinski definition) is 9. The molecule has 0 aliphatic carbocycles. The minimum Gasteiger partial charge on any atom is -0.493 e. The van der Waals surface area contributed by atoms with Crippen LogP contribution in [0.4, 0.5) is 5.69 Å². The van der Waals surface area contributed by atoms with Crippen molar-refractivity contribution in [3.05, 3.63) is 51.2 Å². The SMILES string of the molecule is COc1cc(CCNC(=O)CCc2nc(-c3cccs3)no2)c([N+](=O)[O-])cc1OC. The smallest absolute Gasteiger partial charge is 0.276 e. The lowest BCUT2D eigenvalue weighted by Crippen LogP contribution is -2.26. The number of hydrogen-bond donors (Lipinski definition) is 1.